The summed E-state index contributed by atoms with van der Waals surface area (Å²) in [7, 11) is 0. The summed E-state index contributed by atoms with van der Waals surface area (Å²) in [4.78, 5) is 0. The molecule has 0 aromatic carbocycles. The van der Waals surface area contributed by atoms with Crippen molar-refractivity contribution < 1.29 is 13.2 Å². The van der Waals surface area contributed by atoms with E-state index in [0.717, 1.165) is 5.57 Å². The molecule has 2 aliphatic rings. The lowest BCUT2D eigenvalue weighted by Crippen LogP contribution is -2.08. The van der Waals surface area contributed by atoms with Crippen LogP contribution in [0, 0.1) is 0 Å². The van der Waals surface area contributed by atoms with Crippen LogP contribution in [0.4, 0.5) is 13.2 Å². The zero-order valence-electron chi connectivity index (χ0n) is 6.44. The molecule has 0 aliphatic heterocycles. The molecule has 3 rings (SSSR count). The van der Waals surface area contributed by atoms with Gasteiger partial charge in [-0.05, 0) is 0 Å². The first-order valence-electron chi connectivity index (χ1n) is 3.92. The smallest absolute Gasteiger partial charge is 0.281 e. The van der Waals surface area contributed by atoms with Gasteiger partial charge < -0.3 is 0 Å². The maximum Gasteiger partial charge on any atom is 0.435 e. The summed E-state index contributed by atoms with van der Waals surface area (Å²) >= 11 is 0. The van der Waals surface area contributed by atoms with E-state index in [-0.39, 0.29) is 5.92 Å². The quantitative estimate of drug-likeness (QED) is 0.617. The number of hydrogen-bond donors (Lipinski definition) is 1. The summed E-state index contributed by atoms with van der Waals surface area (Å²) in [6.45, 7) is 0. The van der Waals surface area contributed by atoms with Crippen molar-refractivity contribution in [3.8, 4) is 0 Å². The Labute approximate surface area is 71.4 Å². The van der Waals surface area contributed by atoms with Crippen LogP contribution in [0.5, 0.6) is 0 Å². The van der Waals surface area contributed by atoms with Gasteiger partial charge >= 0.3 is 6.18 Å². The minimum atomic E-state index is -4.32. The maximum atomic E-state index is 12.4. The van der Waals surface area contributed by atoms with Gasteiger partial charge in [-0.1, -0.05) is 11.6 Å². The fourth-order valence-electron chi connectivity index (χ4n) is 1.88. The molecule has 1 atom stereocenters. The van der Waals surface area contributed by atoms with Gasteiger partial charge in [0.1, 0.15) is 0 Å². The van der Waals surface area contributed by atoms with Crippen LogP contribution in [-0.2, 0) is 12.6 Å². The topological polar surface area (TPSA) is 28.7 Å². The number of allylic oxidation sites excluding steroid dienone is 2. The molecule has 0 fully saturated rings. The first-order valence-corrected chi connectivity index (χ1v) is 3.92. The number of alkyl halides is 3. The van der Waals surface area contributed by atoms with Crippen LogP contribution in [0.3, 0.4) is 0 Å². The molecule has 5 heteroatoms. The van der Waals surface area contributed by atoms with Crippen molar-refractivity contribution >= 4 is 0 Å². The molecule has 0 spiro atoms. The summed E-state index contributed by atoms with van der Waals surface area (Å²) < 4.78 is 37.1. The van der Waals surface area contributed by atoms with Gasteiger partial charge in [0.25, 0.3) is 0 Å². The van der Waals surface area contributed by atoms with E-state index in [0.29, 0.717) is 17.7 Å². The average Bonchev–Trinajstić information content (AvgIpc) is 2.51. The monoisotopic (exact) mass is 186 g/mol. The molecule has 0 radical (unpaired) electrons. The normalized spacial score (nSPS) is 23.9. The van der Waals surface area contributed by atoms with Gasteiger partial charge in [0.2, 0.25) is 0 Å². The Bertz CT molecular complexity index is 414. The summed E-state index contributed by atoms with van der Waals surface area (Å²) in [6.07, 6.45) is -1.86. The van der Waals surface area contributed by atoms with Gasteiger partial charge in [0.05, 0.1) is 0 Å². The van der Waals surface area contributed by atoms with Crippen molar-refractivity contribution in [2.75, 3.05) is 0 Å². The van der Waals surface area contributed by atoms with Crippen molar-refractivity contribution in [2.45, 2.75) is 18.5 Å². The predicted octanol–water partition coefficient (Wildman–Crippen LogP) is 2.01. The van der Waals surface area contributed by atoms with E-state index >= 15 is 0 Å². The molecule has 0 amide bonds. The van der Waals surface area contributed by atoms with Crippen LogP contribution in [0.2, 0.25) is 0 Å². The summed E-state index contributed by atoms with van der Waals surface area (Å²) in [5.74, 6) is -0.0645. The van der Waals surface area contributed by atoms with E-state index in [2.05, 4.69) is 10.2 Å². The zero-order valence-corrected chi connectivity index (χ0v) is 6.44. The minimum absolute atomic E-state index is 0.0645. The highest BCUT2D eigenvalue weighted by Crippen LogP contribution is 2.52. The number of H-pyrrole nitrogens is 1. The molecule has 0 bridgehead atoms. The Balaban J connectivity index is 2.14. The fraction of sp³-hybridized carbons (Fsp3) is 0.375. The van der Waals surface area contributed by atoms with Crippen molar-refractivity contribution in [3.63, 3.8) is 0 Å². The molecule has 1 aromatic heterocycles. The van der Waals surface area contributed by atoms with Crippen LogP contribution in [0.1, 0.15) is 22.9 Å². The van der Waals surface area contributed by atoms with Gasteiger partial charge in [0, 0.05) is 23.6 Å². The van der Waals surface area contributed by atoms with Gasteiger partial charge in [-0.2, -0.15) is 18.3 Å². The van der Waals surface area contributed by atoms with E-state index in [1.807, 2.05) is 6.08 Å². The molecule has 2 nitrogen and oxygen atoms in total. The molecule has 13 heavy (non-hydrogen) atoms. The van der Waals surface area contributed by atoms with Crippen molar-refractivity contribution in [1.29, 1.82) is 0 Å². The summed E-state index contributed by atoms with van der Waals surface area (Å²) in [6, 6.07) is 0. The van der Waals surface area contributed by atoms with E-state index in [9.17, 15) is 13.2 Å². The summed E-state index contributed by atoms with van der Waals surface area (Å²) in [5, 5.41) is 5.75. The van der Waals surface area contributed by atoms with Gasteiger partial charge in [-0.15, -0.1) is 0 Å². The van der Waals surface area contributed by atoms with Gasteiger partial charge in [-0.25, -0.2) is 0 Å². The van der Waals surface area contributed by atoms with Gasteiger partial charge in [-0.3, -0.25) is 5.10 Å². The highest BCUT2D eigenvalue weighted by Gasteiger charge is 2.46. The van der Waals surface area contributed by atoms with Crippen LogP contribution in [-0.4, -0.2) is 10.2 Å². The number of fused-ring (bicyclic) bond motifs is 3. The number of nitrogens with one attached hydrogen (secondary N) is 1. The number of halogens is 3. The van der Waals surface area contributed by atoms with Crippen LogP contribution in [0.25, 0.3) is 0 Å². The van der Waals surface area contributed by atoms with Crippen LogP contribution < -0.4 is 0 Å². The molecule has 1 aromatic rings. The second kappa shape index (κ2) is 1.81. The molecule has 68 valence electrons. The van der Waals surface area contributed by atoms with Gasteiger partial charge in [0.15, 0.2) is 5.69 Å². The van der Waals surface area contributed by atoms with Crippen LogP contribution in [0.15, 0.2) is 11.6 Å². The first-order chi connectivity index (χ1) is 6.07. The third-order valence-electron chi connectivity index (χ3n) is 2.51. The maximum absolute atomic E-state index is 12.4. The lowest BCUT2D eigenvalue weighted by molar-refractivity contribution is -0.141. The van der Waals surface area contributed by atoms with Crippen molar-refractivity contribution in [2.24, 2.45) is 0 Å². The first kappa shape index (κ1) is 7.17. The molecular weight excluding hydrogens is 181 g/mol. The third kappa shape index (κ3) is 0.814. The highest BCUT2D eigenvalue weighted by molar-refractivity contribution is 5.58. The Kier molecular flexibility index (Phi) is 0.998. The molecular formula is C8H5F3N2. The third-order valence-corrected chi connectivity index (χ3v) is 2.51. The Morgan fingerprint density at radius 1 is 1.46 bits per heavy atom. The van der Waals surface area contributed by atoms with E-state index < -0.39 is 11.9 Å². The molecule has 1 heterocycles. The number of nitrogens with zero attached hydrogens (tertiary/aromatic N) is 1. The summed E-state index contributed by atoms with van der Waals surface area (Å²) in [5.41, 5.74) is 1.34. The second-order valence-electron chi connectivity index (χ2n) is 3.36. The van der Waals surface area contributed by atoms with E-state index in [4.69, 9.17) is 0 Å². The molecule has 0 saturated heterocycles. The van der Waals surface area contributed by atoms with Crippen molar-refractivity contribution in [3.05, 3.63) is 28.6 Å². The largest absolute Gasteiger partial charge is 0.435 e. The number of rotatable bonds is 0. The van der Waals surface area contributed by atoms with E-state index in [1.165, 1.54) is 0 Å². The van der Waals surface area contributed by atoms with Crippen molar-refractivity contribution in [1.82, 2.24) is 10.2 Å². The Hall–Kier alpha value is -1.26. The second-order valence-corrected chi connectivity index (χ2v) is 3.36. The highest BCUT2D eigenvalue weighted by atomic mass is 19.4. The molecule has 2 aliphatic carbocycles. The molecule has 0 saturated carbocycles. The molecule has 0 unspecified atom stereocenters. The predicted molar refractivity (Wildman–Crippen MR) is 38.1 cm³/mol. The Morgan fingerprint density at radius 2 is 2.23 bits per heavy atom. The SMILES string of the molecule is FC(F)(F)c1n[nH]c2c1[C@H]1C=C1C2. The lowest BCUT2D eigenvalue weighted by atomic mass is 10.1. The Morgan fingerprint density at radius 3 is 2.92 bits per heavy atom. The number of aromatic nitrogens is 2. The number of hydrogen-bond acceptors (Lipinski definition) is 1. The van der Waals surface area contributed by atoms with E-state index in [1.54, 1.807) is 0 Å². The fourth-order valence-corrected chi connectivity index (χ4v) is 1.88. The lowest BCUT2D eigenvalue weighted by Gasteiger charge is -2.03. The minimum Gasteiger partial charge on any atom is -0.281 e. The average molecular weight is 186 g/mol. The zero-order chi connectivity index (χ0) is 9.22. The van der Waals surface area contributed by atoms with Crippen LogP contribution >= 0.6 is 0 Å². The molecule has 1 N–H and O–H groups in total. The standard InChI is InChI=1S/C8H5F3N2/c9-8(10,11)7-6-4-1-3(4)2-5(6)12-13-7/h1,4H,2H2,(H,12,13)/t4-/m0/s1. The number of aromatic amines is 1.